The molecule has 0 bridgehead atoms. The average Bonchev–Trinajstić information content (AvgIpc) is 3.03. The molecule has 8 heteroatoms. The molecule has 1 atom stereocenters. The zero-order chi connectivity index (χ0) is 19.4. The maximum atomic E-state index is 12.5. The summed E-state index contributed by atoms with van der Waals surface area (Å²) in [5.41, 5.74) is 0.925. The minimum Gasteiger partial charge on any atom is -0.495 e. The van der Waals surface area contributed by atoms with E-state index in [1.807, 2.05) is 0 Å². The van der Waals surface area contributed by atoms with E-state index in [4.69, 9.17) is 4.74 Å². The van der Waals surface area contributed by atoms with Crippen molar-refractivity contribution in [3.8, 4) is 11.5 Å². The van der Waals surface area contributed by atoms with Crippen LogP contribution in [0.3, 0.4) is 0 Å². The number of halogens is 2. The number of methoxy groups -OCH3 is 1. The molecular formula is C19H18F2N2O4. The molecule has 27 heavy (non-hydrogen) atoms. The number of carbonyl (C=O) groups is 2. The van der Waals surface area contributed by atoms with Gasteiger partial charge in [-0.2, -0.15) is 8.78 Å². The van der Waals surface area contributed by atoms with Crippen molar-refractivity contribution in [3.63, 3.8) is 0 Å². The zero-order valence-electron chi connectivity index (χ0n) is 14.5. The van der Waals surface area contributed by atoms with E-state index in [0.717, 1.165) is 0 Å². The topological polar surface area (TPSA) is 67.9 Å². The third-order valence-electron chi connectivity index (χ3n) is 4.20. The third-order valence-corrected chi connectivity index (χ3v) is 4.20. The van der Waals surface area contributed by atoms with E-state index in [9.17, 15) is 18.4 Å². The quantitative estimate of drug-likeness (QED) is 0.840. The highest BCUT2D eigenvalue weighted by atomic mass is 19.3. The van der Waals surface area contributed by atoms with Gasteiger partial charge in [0.2, 0.25) is 11.8 Å². The number of anilines is 2. The van der Waals surface area contributed by atoms with Gasteiger partial charge in [-0.05, 0) is 24.3 Å². The number of para-hydroxylation sites is 2. The number of hydrogen-bond donors (Lipinski definition) is 1. The van der Waals surface area contributed by atoms with Crippen molar-refractivity contribution in [2.24, 2.45) is 5.92 Å². The normalized spacial score (nSPS) is 16.5. The van der Waals surface area contributed by atoms with Crippen molar-refractivity contribution in [1.29, 1.82) is 0 Å². The largest absolute Gasteiger partial charge is 0.495 e. The number of alkyl halides is 2. The van der Waals surface area contributed by atoms with E-state index in [0.29, 0.717) is 17.1 Å². The first kappa shape index (κ1) is 18.6. The molecule has 2 amide bonds. The molecule has 1 N–H and O–H groups in total. The number of hydrogen-bond acceptors (Lipinski definition) is 4. The standard InChI is InChI=1S/C19H18F2N2O4/c1-26-16-8-3-2-7-15(16)23-11-12(9-17(23)24)18(25)22-13-5-4-6-14(10-13)27-19(20)21/h2-8,10,12,19H,9,11H2,1H3,(H,22,25). The van der Waals surface area contributed by atoms with Crippen molar-refractivity contribution < 1.29 is 27.8 Å². The van der Waals surface area contributed by atoms with Crippen molar-refractivity contribution in [2.45, 2.75) is 13.0 Å². The second-order valence-electron chi connectivity index (χ2n) is 5.97. The molecule has 0 aromatic heterocycles. The second kappa shape index (κ2) is 8.03. The molecule has 6 nitrogen and oxygen atoms in total. The Morgan fingerprint density at radius 2 is 2.00 bits per heavy atom. The van der Waals surface area contributed by atoms with Gasteiger partial charge in [0.1, 0.15) is 11.5 Å². The van der Waals surface area contributed by atoms with E-state index in [2.05, 4.69) is 10.1 Å². The predicted octanol–water partition coefficient (Wildman–Crippen LogP) is 3.29. The lowest BCUT2D eigenvalue weighted by Gasteiger charge is -2.19. The lowest BCUT2D eigenvalue weighted by molar-refractivity contribution is -0.122. The Morgan fingerprint density at radius 1 is 1.22 bits per heavy atom. The molecule has 3 rings (SSSR count). The molecule has 0 saturated carbocycles. The highest BCUT2D eigenvalue weighted by molar-refractivity contribution is 6.04. The maximum Gasteiger partial charge on any atom is 0.387 e. The zero-order valence-corrected chi connectivity index (χ0v) is 14.5. The molecule has 1 saturated heterocycles. The van der Waals surface area contributed by atoms with Gasteiger partial charge in [-0.25, -0.2) is 0 Å². The van der Waals surface area contributed by atoms with E-state index in [1.54, 1.807) is 30.3 Å². The Morgan fingerprint density at radius 3 is 2.74 bits per heavy atom. The first-order valence-corrected chi connectivity index (χ1v) is 8.27. The van der Waals surface area contributed by atoms with E-state index < -0.39 is 12.5 Å². The van der Waals surface area contributed by atoms with Gasteiger partial charge in [-0.3, -0.25) is 9.59 Å². The van der Waals surface area contributed by atoms with Gasteiger partial charge in [-0.1, -0.05) is 18.2 Å². The van der Waals surface area contributed by atoms with Crippen LogP contribution in [0.1, 0.15) is 6.42 Å². The summed E-state index contributed by atoms with van der Waals surface area (Å²) in [5, 5.41) is 2.64. The lowest BCUT2D eigenvalue weighted by atomic mass is 10.1. The molecule has 0 radical (unpaired) electrons. The highest BCUT2D eigenvalue weighted by Crippen LogP contribution is 2.33. The summed E-state index contributed by atoms with van der Waals surface area (Å²) in [6.07, 6.45) is 0.0527. The van der Waals surface area contributed by atoms with Crippen LogP contribution in [-0.4, -0.2) is 32.1 Å². The molecule has 1 fully saturated rings. The van der Waals surface area contributed by atoms with Crippen LogP contribution in [0.2, 0.25) is 0 Å². The van der Waals surface area contributed by atoms with E-state index >= 15 is 0 Å². The Labute approximate surface area is 154 Å². The monoisotopic (exact) mass is 376 g/mol. The summed E-state index contributed by atoms with van der Waals surface area (Å²) in [6, 6.07) is 12.8. The van der Waals surface area contributed by atoms with Crippen LogP contribution < -0.4 is 19.7 Å². The van der Waals surface area contributed by atoms with Gasteiger partial charge in [-0.15, -0.1) is 0 Å². The fourth-order valence-corrected chi connectivity index (χ4v) is 2.96. The van der Waals surface area contributed by atoms with Gasteiger partial charge < -0.3 is 19.7 Å². The van der Waals surface area contributed by atoms with E-state index in [-0.39, 0.29) is 30.5 Å². The number of nitrogens with zero attached hydrogens (tertiary/aromatic N) is 1. The minimum absolute atomic E-state index is 0.0527. The van der Waals surface area contributed by atoms with Crippen LogP contribution in [0.15, 0.2) is 48.5 Å². The van der Waals surface area contributed by atoms with Crippen molar-refractivity contribution >= 4 is 23.2 Å². The molecule has 0 spiro atoms. The minimum atomic E-state index is -2.95. The Balaban J connectivity index is 1.69. The molecule has 2 aromatic rings. The summed E-state index contributed by atoms with van der Waals surface area (Å²) < 4.78 is 34.2. The first-order chi connectivity index (χ1) is 13.0. The number of ether oxygens (including phenoxy) is 2. The maximum absolute atomic E-state index is 12.5. The summed E-state index contributed by atoms with van der Waals surface area (Å²) in [4.78, 5) is 26.4. The SMILES string of the molecule is COc1ccccc1N1CC(C(=O)Nc2cccc(OC(F)F)c2)CC1=O. The van der Waals surface area contributed by atoms with Crippen LogP contribution in [-0.2, 0) is 9.59 Å². The van der Waals surface area contributed by atoms with Crippen molar-refractivity contribution in [1.82, 2.24) is 0 Å². The van der Waals surface area contributed by atoms with Crippen LogP contribution in [0.4, 0.5) is 20.2 Å². The Hall–Kier alpha value is -3.16. The first-order valence-electron chi connectivity index (χ1n) is 8.27. The van der Waals surface area contributed by atoms with Crippen LogP contribution >= 0.6 is 0 Å². The fourth-order valence-electron chi connectivity index (χ4n) is 2.96. The lowest BCUT2D eigenvalue weighted by Crippen LogP contribution is -2.28. The van der Waals surface area contributed by atoms with Crippen LogP contribution in [0.25, 0.3) is 0 Å². The molecule has 142 valence electrons. The molecular weight excluding hydrogens is 358 g/mol. The van der Waals surface area contributed by atoms with Gasteiger partial charge in [0, 0.05) is 24.7 Å². The van der Waals surface area contributed by atoms with Gasteiger partial charge >= 0.3 is 6.61 Å². The number of carbonyl (C=O) groups excluding carboxylic acids is 2. The Bertz CT molecular complexity index is 844. The molecule has 1 aliphatic rings. The smallest absolute Gasteiger partial charge is 0.387 e. The number of benzene rings is 2. The molecule has 1 heterocycles. The summed E-state index contributed by atoms with van der Waals surface area (Å²) >= 11 is 0. The van der Waals surface area contributed by atoms with Crippen molar-refractivity contribution in [3.05, 3.63) is 48.5 Å². The molecule has 0 aliphatic carbocycles. The highest BCUT2D eigenvalue weighted by Gasteiger charge is 2.36. The molecule has 2 aromatic carbocycles. The summed E-state index contributed by atoms with van der Waals surface area (Å²) in [5.74, 6) is -0.629. The fraction of sp³-hybridized carbons (Fsp3) is 0.263. The Kier molecular flexibility index (Phi) is 5.54. The number of amides is 2. The van der Waals surface area contributed by atoms with Gasteiger partial charge in [0.25, 0.3) is 0 Å². The van der Waals surface area contributed by atoms with Gasteiger partial charge in [0.05, 0.1) is 18.7 Å². The van der Waals surface area contributed by atoms with Crippen LogP contribution in [0, 0.1) is 5.92 Å². The van der Waals surface area contributed by atoms with Gasteiger partial charge in [0.15, 0.2) is 0 Å². The predicted molar refractivity (Wildman–Crippen MR) is 95.2 cm³/mol. The van der Waals surface area contributed by atoms with Crippen molar-refractivity contribution in [2.75, 3.05) is 23.9 Å². The summed E-state index contributed by atoms with van der Waals surface area (Å²) in [6.45, 7) is -2.74. The number of nitrogens with one attached hydrogen (secondary N) is 1. The third kappa shape index (κ3) is 4.33. The molecule has 1 unspecified atom stereocenters. The average molecular weight is 376 g/mol. The van der Waals surface area contributed by atoms with E-state index in [1.165, 1.54) is 30.2 Å². The second-order valence-corrected chi connectivity index (χ2v) is 5.97. The molecule has 1 aliphatic heterocycles. The number of rotatable bonds is 6. The van der Waals surface area contributed by atoms with Crippen LogP contribution in [0.5, 0.6) is 11.5 Å². The summed E-state index contributed by atoms with van der Waals surface area (Å²) in [7, 11) is 1.51.